The van der Waals surface area contributed by atoms with Gasteiger partial charge in [0.2, 0.25) is 0 Å². The van der Waals surface area contributed by atoms with Gasteiger partial charge < -0.3 is 9.84 Å². The molecule has 0 aromatic carbocycles. The largest absolute Gasteiger partial charge is 0.469 e. The molecule has 0 rings (SSSR count). The van der Waals surface area contributed by atoms with E-state index < -0.39 is 6.10 Å². The zero-order chi connectivity index (χ0) is 11.5. The molecule has 0 aromatic heterocycles. The monoisotopic (exact) mass is 208 g/mol. The number of esters is 1. The van der Waals surface area contributed by atoms with Crippen LogP contribution in [0.15, 0.2) is 24.3 Å². The van der Waals surface area contributed by atoms with E-state index in [1.54, 1.807) is 6.08 Å². The smallest absolute Gasteiger partial charge is 0.305 e. The first kappa shape index (κ1) is 13.5. The molecule has 0 spiro atoms. The summed E-state index contributed by atoms with van der Waals surface area (Å²) >= 11 is 0. The van der Waals surface area contributed by atoms with E-state index in [9.17, 15) is 9.90 Å². The summed E-state index contributed by atoms with van der Waals surface area (Å²) in [5, 5.41) is 9.31. The van der Waals surface area contributed by atoms with Crippen molar-refractivity contribution in [3.8, 4) is 12.3 Å². The SMILES string of the molecule is C#C/C=C/C(O)C/C=C\CCC(=O)OC. The fraction of sp³-hybridized carbons (Fsp3) is 0.417. The minimum absolute atomic E-state index is 0.229. The van der Waals surface area contributed by atoms with Crippen molar-refractivity contribution in [2.45, 2.75) is 25.4 Å². The van der Waals surface area contributed by atoms with Crippen LogP contribution >= 0.6 is 0 Å². The molecule has 0 saturated heterocycles. The first-order valence-electron chi connectivity index (χ1n) is 4.73. The number of hydrogen-bond donors (Lipinski definition) is 1. The van der Waals surface area contributed by atoms with Crippen LogP contribution < -0.4 is 0 Å². The summed E-state index contributed by atoms with van der Waals surface area (Å²) in [5.41, 5.74) is 0. The van der Waals surface area contributed by atoms with Gasteiger partial charge in [-0.15, -0.1) is 6.42 Å². The van der Waals surface area contributed by atoms with Crippen molar-refractivity contribution in [2.24, 2.45) is 0 Å². The van der Waals surface area contributed by atoms with Crippen molar-refractivity contribution >= 4 is 5.97 Å². The maximum absolute atomic E-state index is 10.7. The number of aliphatic hydroxyl groups excluding tert-OH is 1. The maximum atomic E-state index is 10.7. The lowest BCUT2D eigenvalue weighted by Crippen LogP contribution is -1.99. The summed E-state index contributed by atoms with van der Waals surface area (Å²) in [6.07, 6.45) is 12.6. The molecule has 0 fully saturated rings. The standard InChI is InChI=1S/C12H16O3/c1-3-4-8-11(13)9-6-5-7-10-12(14)15-2/h1,4-6,8,11,13H,7,9-10H2,2H3/b6-5-,8-4+. The van der Waals surface area contributed by atoms with Crippen LogP contribution in [0.5, 0.6) is 0 Å². The average Bonchev–Trinajstić information content (AvgIpc) is 2.25. The molecule has 82 valence electrons. The van der Waals surface area contributed by atoms with Gasteiger partial charge in [0.1, 0.15) is 0 Å². The summed E-state index contributed by atoms with van der Waals surface area (Å²) in [4.78, 5) is 10.7. The molecule has 15 heavy (non-hydrogen) atoms. The van der Waals surface area contributed by atoms with Crippen molar-refractivity contribution in [1.82, 2.24) is 0 Å². The molecule has 3 heteroatoms. The number of aliphatic hydroxyl groups is 1. The number of hydrogen-bond acceptors (Lipinski definition) is 3. The first-order valence-corrected chi connectivity index (χ1v) is 4.73. The van der Waals surface area contributed by atoms with Gasteiger partial charge in [0.05, 0.1) is 13.2 Å². The van der Waals surface area contributed by atoms with Crippen molar-refractivity contribution in [3.05, 3.63) is 24.3 Å². The Morgan fingerprint density at radius 2 is 2.33 bits per heavy atom. The zero-order valence-corrected chi connectivity index (χ0v) is 8.85. The number of ether oxygens (including phenoxy) is 1. The predicted molar refractivity (Wildman–Crippen MR) is 59.0 cm³/mol. The predicted octanol–water partition coefficient (Wildman–Crippen LogP) is 1.44. The van der Waals surface area contributed by atoms with Crippen LogP contribution in [0.25, 0.3) is 0 Å². The molecule has 1 N–H and O–H groups in total. The van der Waals surface area contributed by atoms with E-state index in [2.05, 4.69) is 10.7 Å². The lowest BCUT2D eigenvalue weighted by Gasteiger charge is -1.98. The highest BCUT2D eigenvalue weighted by Gasteiger charge is 1.96. The number of carbonyl (C=O) groups is 1. The van der Waals surface area contributed by atoms with Crippen LogP contribution in [0.2, 0.25) is 0 Å². The van der Waals surface area contributed by atoms with Crippen molar-refractivity contribution in [2.75, 3.05) is 7.11 Å². The molecule has 0 bridgehead atoms. The fourth-order valence-corrected chi connectivity index (χ4v) is 0.902. The molecule has 3 nitrogen and oxygen atoms in total. The van der Waals surface area contributed by atoms with Crippen LogP contribution in [0.3, 0.4) is 0 Å². The summed E-state index contributed by atoms with van der Waals surface area (Å²) in [5.74, 6) is 2.07. The van der Waals surface area contributed by atoms with Crippen molar-refractivity contribution < 1.29 is 14.6 Å². The third-order valence-electron chi connectivity index (χ3n) is 1.70. The van der Waals surface area contributed by atoms with Crippen LogP contribution in [-0.2, 0) is 9.53 Å². The van der Waals surface area contributed by atoms with E-state index in [4.69, 9.17) is 6.42 Å². The summed E-state index contributed by atoms with van der Waals surface area (Å²) in [7, 11) is 1.36. The Labute approximate surface area is 90.4 Å². The Bertz CT molecular complexity index is 271. The highest BCUT2D eigenvalue weighted by Crippen LogP contribution is 1.98. The molecule has 0 saturated carbocycles. The highest BCUT2D eigenvalue weighted by atomic mass is 16.5. The fourth-order valence-electron chi connectivity index (χ4n) is 0.902. The molecule has 0 aliphatic rings. The Hall–Kier alpha value is -1.53. The van der Waals surface area contributed by atoms with Crippen LogP contribution in [0.4, 0.5) is 0 Å². The molecule has 0 heterocycles. The van der Waals surface area contributed by atoms with Crippen LogP contribution in [-0.4, -0.2) is 24.3 Å². The summed E-state index contributed by atoms with van der Waals surface area (Å²) in [6, 6.07) is 0. The Morgan fingerprint density at radius 3 is 2.93 bits per heavy atom. The Balaban J connectivity index is 3.59. The number of rotatable bonds is 6. The van der Waals surface area contributed by atoms with Gasteiger partial charge in [-0.1, -0.05) is 18.1 Å². The van der Waals surface area contributed by atoms with E-state index in [0.717, 1.165) is 0 Å². The topological polar surface area (TPSA) is 46.5 Å². The second-order valence-electron chi connectivity index (χ2n) is 2.92. The van der Waals surface area contributed by atoms with Gasteiger partial charge in [-0.3, -0.25) is 4.79 Å². The number of allylic oxidation sites excluding steroid dienone is 2. The molecular weight excluding hydrogens is 192 g/mol. The molecule has 1 unspecified atom stereocenters. The number of carbonyl (C=O) groups excluding carboxylic acids is 1. The molecule has 0 aliphatic carbocycles. The highest BCUT2D eigenvalue weighted by molar-refractivity contribution is 5.69. The second-order valence-corrected chi connectivity index (χ2v) is 2.92. The molecule has 0 aromatic rings. The molecule has 0 amide bonds. The maximum Gasteiger partial charge on any atom is 0.305 e. The van der Waals surface area contributed by atoms with Crippen molar-refractivity contribution in [1.29, 1.82) is 0 Å². The number of terminal acetylenes is 1. The lowest BCUT2D eigenvalue weighted by molar-refractivity contribution is -0.140. The number of methoxy groups -OCH3 is 1. The van der Waals surface area contributed by atoms with E-state index in [1.807, 2.05) is 12.2 Å². The van der Waals surface area contributed by atoms with Crippen LogP contribution in [0, 0.1) is 12.3 Å². The Morgan fingerprint density at radius 1 is 1.60 bits per heavy atom. The summed E-state index contributed by atoms with van der Waals surface area (Å²) < 4.78 is 4.48. The minimum atomic E-state index is -0.560. The van der Waals surface area contributed by atoms with Gasteiger partial charge in [-0.25, -0.2) is 0 Å². The molecular formula is C12H16O3. The van der Waals surface area contributed by atoms with Gasteiger partial charge >= 0.3 is 5.97 Å². The first-order chi connectivity index (χ1) is 7.20. The normalized spacial score (nSPS) is 12.9. The lowest BCUT2D eigenvalue weighted by atomic mass is 10.2. The summed E-state index contributed by atoms with van der Waals surface area (Å²) in [6.45, 7) is 0. The minimum Gasteiger partial charge on any atom is -0.469 e. The second kappa shape index (κ2) is 9.04. The molecule has 0 aliphatic heterocycles. The van der Waals surface area contributed by atoms with Crippen LogP contribution in [0.1, 0.15) is 19.3 Å². The van der Waals surface area contributed by atoms with Gasteiger partial charge in [-0.05, 0) is 25.0 Å². The van der Waals surface area contributed by atoms with Gasteiger partial charge in [0.15, 0.2) is 0 Å². The molecule has 0 radical (unpaired) electrons. The third-order valence-corrected chi connectivity index (χ3v) is 1.70. The quantitative estimate of drug-likeness (QED) is 0.408. The zero-order valence-electron chi connectivity index (χ0n) is 8.85. The third kappa shape index (κ3) is 8.79. The van der Waals surface area contributed by atoms with E-state index >= 15 is 0 Å². The van der Waals surface area contributed by atoms with Gasteiger partial charge in [0.25, 0.3) is 0 Å². The van der Waals surface area contributed by atoms with E-state index in [0.29, 0.717) is 19.3 Å². The van der Waals surface area contributed by atoms with Gasteiger partial charge in [-0.2, -0.15) is 0 Å². The van der Waals surface area contributed by atoms with E-state index in [-0.39, 0.29) is 5.97 Å². The Kier molecular flexibility index (Phi) is 8.12. The van der Waals surface area contributed by atoms with E-state index in [1.165, 1.54) is 13.2 Å². The van der Waals surface area contributed by atoms with Crippen molar-refractivity contribution in [3.63, 3.8) is 0 Å². The molecule has 1 atom stereocenters. The average molecular weight is 208 g/mol. The van der Waals surface area contributed by atoms with Gasteiger partial charge in [0, 0.05) is 6.42 Å².